The Bertz CT molecular complexity index is 1270. The minimum absolute atomic E-state index is 0. The van der Waals surface area contributed by atoms with Gasteiger partial charge in [-0.05, 0) is 52.8 Å². The van der Waals surface area contributed by atoms with E-state index < -0.39 is 0 Å². The van der Waals surface area contributed by atoms with Crippen LogP contribution in [0, 0.1) is 20.3 Å². The number of hydrogen-bond donors (Lipinski definition) is 0. The van der Waals surface area contributed by atoms with Gasteiger partial charge < -0.3 is 19.6 Å². The first-order chi connectivity index (χ1) is 15.3. The van der Waals surface area contributed by atoms with Crippen LogP contribution < -0.4 is 4.74 Å². The van der Waals surface area contributed by atoms with Crippen molar-refractivity contribution in [3.8, 4) is 28.0 Å². The van der Waals surface area contributed by atoms with Crippen LogP contribution in [0.25, 0.3) is 33.0 Å². The topological polar surface area (TPSA) is 9.23 Å². The molecule has 0 atom stereocenters. The molecule has 0 heterocycles. The Hall–Kier alpha value is -2.19. The summed E-state index contributed by atoms with van der Waals surface area (Å²) in [6.07, 6.45) is 5.79. The Labute approximate surface area is 232 Å². The summed E-state index contributed by atoms with van der Waals surface area (Å²) in [5.41, 5.74) is 8.09. The number of halogens is 1. The SMILES string of the molecule is CC1=CC(C(C)(C)C)=CC1.COc1cc[c-](-c2ccccc2)c2cc3cc(Cl)ccc3c1-2.[CH3-].[CH3-].[Ti+3]. The zero-order valence-corrected chi connectivity index (χ0v) is 24.3. The van der Waals surface area contributed by atoms with Crippen LogP contribution in [0.3, 0.4) is 0 Å². The second-order valence-electron chi connectivity index (χ2n) is 9.45. The Morgan fingerprint density at radius 1 is 0.943 bits per heavy atom. The third kappa shape index (κ3) is 6.73. The van der Waals surface area contributed by atoms with E-state index in [1.54, 1.807) is 7.11 Å². The summed E-state index contributed by atoms with van der Waals surface area (Å²) in [5, 5.41) is 3.07. The number of rotatable bonds is 2. The molecule has 3 heteroatoms. The fourth-order valence-corrected chi connectivity index (χ4v) is 4.46. The predicted molar refractivity (Wildman–Crippen MR) is 152 cm³/mol. The first-order valence-electron chi connectivity index (χ1n) is 11.1. The van der Waals surface area contributed by atoms with E-state index in [1.165, 1.54) is 33.2 Å². The number of allylic oxidation sites excluding steroid dienone is 4. The average molecular weight is 520 g/mol. The van der Waals surface area contributed by atoms with Crippen molar-refractivity contribution >= 4 is 22.4 Å². The molecule has 0 amide bonds. The monoisotopic (exact) mass is 519 g/mol. The Kier molecular flexibility index (Phi) is 11.2. The molecule has 0 N–H and O–H groups in total. The Balaban J connectivity index is 0.000000407. The molecule has 2 aromatic carbocycles. The third-order valence-electron chi connectivity index (χ3n) is 6.01. The van der Waals surface area contributed by atoms with E-state index in [1.807, 2.05) is 24.3 Å². The molecule has 0 saturated heterocycles. The van der Waals surface area contributed by atoms with Crippen molar-refractivity contribution in [1.82, 2.24) is 0 Å². The van der Waals surface area contributed by atoms with E-state index in [-0.39, 0.29) is 36.6 Å². The summed E-state index contributed by atoms with van der Waals surface area (Å²) < 4.78 is 5.58. The molecule has 3 aliphatic rings. The average Bonchev–Trinajstić information content (AvgIpc) is 3.37. The Morgan fingerprint density at radius 2 is 1.63 bits per heavy atom. The van der Waals surface area contributed by atoms with Crippen molar-refractivity contribution in [3.63, 3.8) is 0 Å². The van der Waals surface area contributed by atoms with E-state index in [9.17, 15) is 0 Å². The van der Waals surface area contributed by atoms with Gasteiger partial charge in [-0.15, -0.1) is 23.8 Å². The summed E-state index contributed by atoms with van der Waals surface area (Å²) in [4.78, 5) is 0. The third-order valence-corrected chi connectivity index (χ3v) is 6.24. The summed E-state index contributed by atoms with van der Waals surface area (Å²) in [6.45, 7) is 8.96. The molecule has 0 spiro atoms. The molecule has 181 valence electrons. The van der Waals surface area contributed by atoms with E-state index in [4.69, 9.17) is 16.3 Å². The van der Waals surface area contributed by atoms with E-state index in [0.717, 1.165) is 28.1 Å². The van der Waals surface area contributed by atoms with Crippen LogP contribution >= 0.6 is 11.6 Å². The fraction of sp³-hybridized carbons (Fsp3) is 0.219. The molecule has 0 saturated carbocycles. The molecule has 0 fully saturated rings. The van der Waals surface area contributed by atoms with Gasteiger partial charge in [-0.2, -0.15) is 0 Å². The Morgan fingerprint density at radius 3 is 2.17 bits per heavy atom. The number of ether oxygens (including phenoxy) is 1. The van der Waals surface area contributed by atoms with E-state index in [0.29, 0.717) is 5.41 Å². The molecular weight excluding hydrogens is 484 g/mol. The van der Waals surface area contributed by atoms with E-state index >= 15 is 0 Å². The molecule has 3 aliphatic carbocycles. The number of benzene rings is 3. The van der Waals surface area contributed by atoms with Crippen LogP contribution in [0.2, 0.25) is 5.02 Å². The predicted octanol–water partition coefficient (Wildman–Crippen LogP) is 10.2. The van der Waals surface area contributed by atoms with Crippen molar-refractivity contribution in [1.29, 1.82) is 0 Å². The van der Waals surface area contributed by atoms with Gasteiger partial charge in [0.1, 0.15) is 0 Å². The molecule has 1 radical (unpaired) electrons. The number of hydrogen-bond acceptors (Lipinski definition) is 1. The van der Waals surface area contributed by atoms with Gasteiger partial charge in [-0.1, -0.05) is 97.6 Å². The minimum atomic E-state index is 0. The van der Waals surface area contributed by atoms with Crippen LogP contribution in [0.1, 0.15) is 34.1 Å². The maximum Gasteiger partial charge on any atom is 3.00 e. The molecule has 0 bridgehead atoms. The van der Waals surface area contributed by atoms with Crippen LogP contribution in [0.4, 0.5) is 0 Å². The molecular formula is C32H36ClOTi. The maximum atomic E-state index is 6.15. The maximum absolute atomic E-state index is 6.15. The minimum Gasteiger partial charge on any atom is -0.509 e. The normalized spacial score (nSPS) is 12.4. The van der Waals surface area contributed by atoms with Crippen molar-refractivity contribution in [2.75, 3.05) is 7.11 Å². The van der Waals surface area contributed by atoms with Gasteiger partial charge in [-0.3, -0.25) is 0 Å². The summed E-state index contributed by atoms with van der Waals surface area (Å²) in [5.74, 6) is 0.895. The number of methoxy groups -OCH3 is 1. The molecule has 35 heavy (non-hydrogen) atoms. The quantitative estimate of drug-likeness (QED) is 0.189. The molecule has 0 aromatic heterocycles. The van der Waals surface area contributed by atoms with Crippen molar-refractivity contribution in [2.45, 2.75) is 34.1 Å². The van der Waals surface area contributed by atoms with Gasteiger partial charge in [0.25, 0.3) is 0 Å². The van der Waals surface area contributed by atoms with Gasteiger partial charge in [0, 0.05) is 5.02 Å². The molecule has 1 nitrogen and oxygen atoms in total. The first-order valence-corrected chi connectivity index (χ1v) is 11.4. The standard InChI is InChI=1S/C20H14ClO.C10H16.2CH3.Ti/c1-22-19-10-9-16(13-5-3-2-4-6-13)18-12-14-11-15(21)7-8-17(14)20(18)19;1-8-5-6-9(7-8)10(2,3)4;;;/h2-12H,1H3;6-7H,5H2,1-4H3;2*1H3;/q-1;;2*-1;+3. The second kappa shape index (κ2) is 12.7. The van der Waals surface area contributed by atoms with Gasteiger partial charge >= 0.3 is 21.7 Å². The van der Waals surface area contributed by atoms with Crippen LogP contribution in [-0.4, -0.2) is 7.11 Å². The first kappa shape index (κ1) is 30.8. The summed E-state index contributed by atoms with van der Waals surface area (Å²) in [7, 11) is 1.71. The van der Waals surface area contributed by atoms with Gasteiger partial charge in [0.05, 0.1) is 12.9 Å². The zero-order chi connectivity index (χ0) is 22.9. The molecule has 2 aromatic rings. The number of fused-ring (bicyclic) bond motifs is 3. The smallest absolute Gasteiger partial charge is 0.509 e. The van der Waals surface area contributed by atoms with Gasteiger partial charge in [0.15, 0.2) is 0 Å². The zero-order valence-electron chi connectivity index (χ0n) is 22.0. The molecule has 0 aliphatic heterocycles. The second-order valence-corrected chi connectivity index (χ2v) is 9.89. The van der Waals surface area contributed by atoms with Gasteiger partial charge in [0.2, 0.25) is 0 Å². The summed E-state index contributed by atoms with van der Waals surface area (Å²) in [6, 6.07) is 22.8. The largest absolute Gasteiger partial charge is 3.00 e. The van der Waals surface area contributed by atoms with Crippen LogP contribution in [0.15, 0.2) is 90.0 Å². The molecule has 0 unspecified atom stereocenters. The van der Waals surface area contributed by atoms with Crippen molar-refractivity contribution in [2.24, 2.45) is 5.41 Å². The van der Waals surface area contributed by atoms with Crippen LogP contribution in [0.5, 0.6) is 5.75 Å². The van der Waals surface area contributed by atoms with E-state index in [2.05, 4.69) is 82.3 Å². The van der Waals surface area contributed by atoms with Gasteiger partial charge in [-0.25, -0.2) is 0 Å². The van der Waals surface area contributed by atoms with Crippen molar-refractivity contribution < 1.29 is 26.5 Å². The van der Waals surface area contributed by atoms with Crippen LogP contribution in [-0.2, 0) is 21.7 Å². The summed E-state index contributed by atoms with van der Waals surface area (Å²) >= 11 is 6.15. The molecule has 5 rings (SSSR count). The fourth-order valence-electron chi connectivity index (χ4n) is 4.28. The van der Waals surface area contributed by atoms with Crippen molar-refractivity contribution in [3.05, 3.63) is 110 Å².